The number of rotatable bonds is 5. The average molecular weight is 254 g/mol. The zero-order valence-electron chi connectivity index (χ0n) is 11.2. The molecule has 1 amide bonds. The van der Waals surface area contributed by atoms with Crippen molar-refractivity contribution in [1.29, 1.82) is 0 Å². The molecule has 2 fully saturated rings. The number of primary amides is 1. The second-order valence-corrected chi connectivity index (χ2v) is 5.57. The van der Waals surface area contributed by atoms with Crippen molar-refractivity contribution < 1.29 is 4.79 Å². The van der Waals surface area contributed by atoms with Crippen molar-refractivity contribution in [2.45, 2.75) is 44.2 Å². The molecule has 0 radical (unpaired) electrons. The first-order chi connectivity index (χ1) is 8.70. The maximum Gasteiger partial charge on any atom is 0.219 e. The minimum Gasteiger partial charge on any atom is -0.370 e. The Hall–Kier alpha value is -0.650. The highest BCUT2D eigenvalue weighted by atomic mass is 16.1. The van der Waals surface area contributed by atoms with Crippen LogP contribution in [-0.2, 0) is 4.79 Å². The molecule has 2 aliphatic rings. The molecule has 1 atom stereocenters. The first-order valence-electron chi connectivity index (χ1n) is 7.17. The Morgan fingerprint density at radius 3 is 2.28 bits per heavy atom. The number of nitrogens with zero attached hydrogens (tertiary/aromatic N) is 2. The van der Waals surface area contributed by atoms with Gasteiger partial charge < -0.3 is 11.5 Å². The maximum atomic E-state index is 11.0. The molecular formula is C13H26N4O. The Morgan fingerprint density at radius 1 is 1.17 bits per heavy atom. The zero-order valence-corrected chi connectivity index (χ0v) is 11.2. The molecule has 1 unspecified atom stereocenters. The Kier molecular flexibility index (Phi) is 4.97. The maximum absolute atomic E-state index is 11.0. The summed E-state index contributed by atoms with van der Waals surface area (Å²) in [5.41, 5.74) is 11.0. The minimum atomic E-state index is -0.247. The molecule has 5 heteroatoms. The summed E-state index contributed by atoms with van der Waals surface area (Å²) in [6, 6.07) is 0.938. The highest BCUT2D eigenvalue weighted by molar-refractivity contribution is 5.74. The number of amides is 1. The topological polar surface area (TPSA) is 75.6 Å². The smallest absolute Gasteiger partial charge is 0.219 e. The van der Waals surface area contributed by atoms with E-state index in [-0.39, 0.29) is 11.9 Å². The largest absolute Gasteiger partial charge is 0.370 e. The van der Waals surface area contributed by atoms with Crippen molar-refractivity contribution in [3.05, 3.63) is 0 Å². The van der Waals surface area contributed by atoms with Crippen LogP contribution in [0.25, 0.3) is 0 Å². The van der Waals surface area contributed by atoms with Crippen LogP contribution in [0.2, 0.25) is 0 Å². The van der Waals surface area contributed by atoms with Crippen LogP contribution in [0.15, 0.2) is 0 Å². The number of nitrogens with two attached hydrogens (primary N) is 2. The lowest BCUT2D eigenvalue weighted by atomic mass is 10.1. The lowest BCUT2D eigenvalue weighted by molar-refractivity contribution is -0.119. The molecule has 104 valence electrons. The summed E-state index contributed by atoms with van der Waals surface area (Å²) in [6.07, 6.45) is 5.89. The van der Waals surface area contributed by atoms with Gasteiger partial charge in [-0.2, -0.15) is 0 Å². The van der Waals surface area contributed by atoms with Crippen molar-refractivity contribution >= 4 is 5.91 Å². The third kappa shape index (κ3) is 3.43. The fraction of sp³-hybridized carbons (Fsp3) is 0.923. The van der Waals surface area contributed by atoms with Gasteiger partial charge in [0.2, 0.25) is 5.91 Å². The number of carbonyl (C=O) groups excluding carboxylic acids is 1. The summed E-state index contributed by atoms with van der Waals surface area (Å²) in [7, 11) is 0. The Labute approximate surface area is 109 Å². The van der Waals surface area contributed by atoms with Crippen molar-refractivity contribution in [3.8, 4) is 0 Å². The lowest BCUT2D eigenvalue weighted by Crippen LogP contribution is -2.54. The molecule has 1 saturated carbocycles. The van der Waals surface area contributed by atoms with Crippen LogP contribution in [0.5, 0.6) is 0 Å². The molecule has 0 aromatic carbocycles. The first kappa shape index (κ1) is 13.8. The number of hydrogen-bond donors (Lipinski definition) is 2. The lowest BCUT2D eigenvalue weighted by Gasteiger charge is -2.41. The Morgan fingerprint density at radius 2 is 1.78 bits per heavy atom. The molecule has 2 rings (SSSR count). The van der Waals surface area contributed by atoms with E-state index in [4.69, 9.17) is 11.5 Å². The van der Waals surface area contributed by atoms with Crippen molar-refractivity contribution in [1.82, 2.24) is 9.80 Å². The molecular weight excluding hydrogens is 228 g/mol. The van der Waals surface area contributed by atoms with Crippen molar-refractivity contribution in [2.75, 3.05) is 32.7 Å². The molecule has 0 spiro atoms. The van der Waals surface area contributed by atoms with Gasteiger partial charge in [0.05, 0.1) is 0 Å². The fourth-order valence-electron chi connectivity index (χ4n) is 3.33. The second-order valence-electron chi connectivity index (χ2n) is 5.57. The van der Waals surface area contributed by atoms with Crippen LogP contribution < -0.4 is 11.5 Å². The summed E-state index contributed by atoms with van der Waals surface area (Å²) in [5.74, 6) is -0.247. The number of piperazine rings is 1. The van der Waals surface area contributed by atoms with Gasteiger partial charge in [-0.25, -0.2) is 0 Å². The van der Waals surface area contributed by atoms with Gasteiger partial charge in [0.25, 0.3) is 0 Å². The normalized spacial score (nSPS) is 25.4. The Balaban J connectivity index is 1.79. The third-order valence-electron chi connectivity index (χ3n) is 4.42. The predicted octanol–water partition coefficient (Wildman–Crippen LogP) is -0.251. The van der Waals surface area contributed by atoms with Crippen LogP contribution in [-0.4, -0.2) is 60.5 Å². The van der Waals surface area contributed by atoms with E-state index in [1.165, 1.54) is 25.7 Å². The summed E-state index contributed by atoms with van der Waals surface area (Å²) < 4.78 is 0. The molecule has 0 aromatic rings. The highest BCUT2D eigenvalue weighted by Crippen LogP contribution is 2.24. The van der Waals surface area contributed by atoms with Gasteiger partial charge >= 0.3 is 0 Å². The highest BCUT2D eigenvalue weighted by Gasteiger charge is 2.28. The van der Waals surface area contributed by atoms with Gasteiger partial charge in [-0.05, 0) is 12.8 Å². The van der Waals surface area contributed by atoms with Crippen LogP contribution in [0.3, 0.4) is 0 Å². The molecule has 0 bridgehead atoms. The van der Waals surface area contributed by atoms with Gasteiger partial charge in [-0.15, -0.1) is 0 Å². The van der Waals surface area contributed by atoms with Crippen LogP contribution >= 0.6 is 0 Å². The molecule has 0 aromatic heterocycles. The van der Waals surface area contributed by atoms with E-state index < -0.39 is 0 Å². The SMILES string of the molecule is NCC(CC(N)=O)N1CCN(C2CCCC2)CC1. The fourth-order valence-corrected chi connectivity index (χ4v) is 3.33. The Bertz CT molecular complexity index is 270. The predicted molar refractivity (Wildman–Crippen MR) is 72.1 cm³/mol. The van der Waals surface area contributed by atoms with Gasteiger partial charge in [0.15, 0.2) is 0 Å². The molecule has 18 heavy (non-hydrogen) atoms. The van der Waals surface area contributed by atoms with E-state index in [1.54, 1.807) is 0 Å². The van der Waals surface area contributed by atoms with Crippen molar-refractivity contribution in [3.63, 3.8) is 0 Å². The van der Waals surface area contributed by atoms with Gasteiger partial charge in [-0.1, -0.05) is 12.8 Å². The summed E-state index contributed by atoms with van der Waals surface area (Å²) >= 11 is 0. The molecule has 1 saturated heterocycles. The molecule has 4 N–H and O–H groups in total. The first-order valence-corrected chi connectivity index (χ1v) is 7.17. The van der Waals surface area contributed by atoms with E-state index in [9.17, 15) is 4.79 Å². The zero-order chi connectivity index (χ0) is 13.0. The van der Waals surface area contributed by atoms with Crippen molar-refractivity contribution in [2.24, 2.45) is 11.5 Å². The van der Waals surface area contributed by atoms with E-state index in [0.717, 1.165) is 32.2 Å². The average Bonchev–Trinajstić information content (AvgIpc) is 2.90. The standard InChI is InChI=1S/C13H26N4O/c14-10-12(9-13(15)18)17-7-5-16(6-8-17)11-3-1-2-4-11/h11-12H,1-10,14H2,(H2,15,18). The van der Waals surface area contributed by atoms with E-state index in [2.05, 4.69) is 9.80 Å². The van der Waals surface area contributed by atoms with E-state index in [1.807, 2.05) is 0 Å². The quantitative estimate of drug-likeness (QED) is 0.709. The van der Waals surface area contributed by atoms with Gasteiger partial charge in [-0.3, -0.25) is 14.6 Å². The summed E-state index contributed by atoms with van der Waals surface area (Å²) in [5, 5.41) is 0. The molecule has 1 aliphatic heterocycles. The van der Waals surface area contributed by atoms with Crippen LogP contribution in [0.4, 0.5) is 0 Å². The number of hydrogen-bond acceptors (Lipinski definition) is 4. The van der Waals surface area contributed by atoms with E-state index >= 15 is 0 Å². The van der Waals surface area contributed by atoms with E-state index in [0.29, 0.717) is 13.0 Å². The summed E-state index contributed by atoms with van der Waals surface area (Å²) in [4.78, 5) is 16.0. The molecule has 1 heterocycles. The summed E-state index contributed by atoms with van der Waals surface area (Å²) in [6.45, 7) is 4.78. The molecule has 5 nitrogen and oxygen atoms in total. The second kappa shape index (κ2) is 6.50. The monoisotopic (exact) mass is 254 g/mol. The van der Waals surface area contributed by atoms with Gasteiger partial charge in [0.1, 0.15) is 0 Å². The van der Waals surface area contributed by atoms with Crippen LogP contribution in [0.1, 0.15) is 32.1 Å². The van der Waals surface area contributed by atoms with Gasteiger partial charge in [0, 0.05) is 51.2 Å². The number of carbonyl (C=O) groups is 1. The van der Waals surface area contributed by atoms with Crippen LogP contribution in [0, 0.1) is 0 Å². The molecule has 1 aliphatic carbocycles. The third-order valence-corrected chi connectivity index (χ3v) is 4.42. The minimum absolute atomic E-state index is 0.133.